The summed E-state index contributed by atoms with van der Waals surface area (Å²) < 4.78 is 18.9. The smallest absolute Gasteiger partial charge is 0.310 e. The van der Waals surface area contributed by atoms with Crippen molar-refractivity contribution in [2.75, 3.05) is 6.61 Å². The Labute approximate surface area is 131 Å². The predicted octanol–water partition coefficient (Wildman–Crippen LogP) is 3.63. The molecule has 0 N–H and O–H groups in total. The van der Waals surface area contributed by atoms with Crippen LogP contribution in [0.3, 0.4) is 0 Å². The second kappa shape index (κ2) is 6.88. The Morgan fingerprint density at radius 3 is 2.41 bits per heavy atom. The van der Waals surface area contributed by atoms with Crippen LogP contribution in [0.1, 0.15) is 18.0 Å². The van der Waals surface area contributed by atoms with E-state index in [4.69, 9.17) is 4.74 Å². The van der Waals surface area contributed by atoms with Crippen LogP contribution in [-0.2, 0) is 9.53 Å². The molecule has 0 heterocycles. The van der Waals surface area contributed by atoms with Gasteiger partial charge < -0.3 is 4.74 Å². The molecule has 2 aromatic carbocycles. The molecule has 4 heteroatoms. The van der Waals surface area contributed by atoms with Crippen molar-refractivity contribution in [2.24, 2.45) is 0 Å². The zero-order valence-electron chi connectivity index (χ0n) is 13.2. The summed E-state index contributed by atoms with van der Waals surface area (Å²) in [4.78, 5) is 12.6. The number of benzene rings is 2. The topological polar surface area (TPSA) is 26.3 Å². The molecular weight excluding hydrogens is 295 g/mol. The molecule has 0 amide bonds. The van der Waals surface area contributed by atoms with E-state index >= 15 is 0 Å². The van der Waals surface area contributed by atoms with Gasteiger partial charge in [0.05, 0.1) is 12.1 Å². The second-order valence-corrected chi connectivity index (χ2v) is 10.4. The number of esters is 1. The Kier molecular flexibility index (Phi) is 5.14. The summed E-state index contributed by atoms with van der Waals surface area (Å²) in [7, 11) is -2.21. The van der Waals surface area contributed by atoms with E-state index in [0.717, 1.165) is 5.19 Å². The summed E-state index contributed by atoms with van der Waals surface area (Å²) in [5.74, 6) is -0.599. The normalized spacial score (nSPS) is 12.7. The fraction of sp³-hybridized carbons (Fsp3) is 0.278. The third-order valence-electron chi connectivity index (χ3n) is 3.94. The van der Waals surface area contributed by atoms with Crippen molar-refractivity contribution in [3.8, 4) is 0 Å². The molecule has 2 aromatic rings. The van der Waals surface area contributed by atoms with E-state index < -0.39 is 13.6 Å². The lowest BCUT2D eigenvalue weighted by atomic mass is 10.1. The van der Waals surface area contributed by atoms with Crippen LogP contribution in [0.4, 0.5) is 4.39 Å². The maximum absolute atomic E-state index is 13.6. The molecule has 0 aliphatic rings. The average molecular weight is 316 g/mol. The van der Waals surface area contributed by atoms with E-state index in [1.54, 1.807) is 13.0 Å². The van der Waals surface area contributed by atoms with Crippen molar-refractivity contribution in [1.29, 1.82) is 0 Å². The number of carbonyl (C=O) groups is 1. The Bertz CT molecular complexity index is 641. The number of carbonyl (C=O) groups excluding carboxylic acids is 1. The van der Waals surface area contributed by atoms with Gasteiger partial charge >= 0.3 is 5.97 Å². The van der Waals surface area contributed by atoms with E-state index in [1.807, 2.05) is 36.4 Å². The van der Waals surface area contributed by atoms with Crippen molar-refractivity contribution in [3.63, 3.8) is 0 Å². The molecule has 0 saturated carbocycles. The molecule has 0 fully saturated rings. The number of halogens is 1. The number of hydrogen-bond acceptors (Lipinski definition) is 2. The van der Waals surface area contributed by atoms with Crippen LogP contribution in [0.2, 0.25) is 13.1 Å². The summed E-state index contributed by atoms with van der Waals surface area (Å²) in [6, 6.07) is 16.3. The summed E-state index contributed by atoms with van der Waals surface area (Å²) >= 11 is 0. The lowest BCUT2D eigenvalue weighted by Crippen LogP contribution is -2.51. The first-order valence-electron chi connectivity index (χ1n) is 7.44. The minimum Gasteiger partial charge on any atom is -0.466 e. The SMILES string of the molecule is CCOC(=O)[C@@H](c1cccc(F)c1)[Si](C)(C)c1ccccc1. The molecule has 0 aliphatic carbocycles. The molecule has 0 radical (unpaired) electrons. The zero-order chi connectivity index (χ0) is 16.2. The van der Waals surface area contributed by atoms with Gasteiger partial charge in [-0.3, -0.25) is 4.79 Å². The third kappa shape index (κ3) is 3.44. The summed E-state index contributed by atoms with van der Waals surface area (Å²) in [5, 5.41) is 1.15. The monoisotopic (exact) mass is 316 g/mol. The Morgan fingerprint density at radius 2 is 1.82 bits per heavy atom. The first kappa shape index (κ1) is 16.4. The van der Waals surface area contributed by atoms with Gasteiger partial charge in [-0.1, -0.05) is 60.7 Å². The van der Waals surface area contributed by atoms with Crippen molar-refractivity contribution in [3.05, 3.63) is 66.0 Å². The molecule has 0 aromatic heterocycles. The van der Waals surface area contributed by atoms with Gasteiger partial charge in [0.2, 0.25) is 0 Å². The van der Waals surface area contributed by atoms with Gasteiger partial charge in [0.1, 0.15) is 13.9 Å². The molecule has 0 unspecified atom stereocenters. The van der Waals surface area contributed by atoms with Gasteiger partial charge in [0.25, 0.3) is 0 Å². The maximum atomic E-state index is 13.6. The summed E-state index contributed by atoms with van der Waals surface area (Å²) in [5.41, 5.74) is 0.268. The van der Waals surface area contributed by atoms with Crippen molar-refractivity contribution >= 4 is 19.2 Å². The van der Waals surface area contributed by atoms with Crippen LogP contribution in [0.25, 0.3) is 0 Å². The summed E-state index contributed by atoms with van der Waals surface area (Å²) in [6.45, 7) is 6.35. The number of ether oxygens (including phenoxy) is 1. The molecule has 2 nitrogen and oxygen atoms in total. The van der Waals surface area contributed by atoms with Crippen molar-refractivity contribution in [1.82, 2.24) is 0 Å². The summed E-state index contributed by atoms with van der Waals surface area (Å²) in [6.07, 6.45) is 0. The highest BCUT2D eigenvalue weighted by Crippen LogP contribution is 2.29. The van der Waals surface area contributed by atoms with Crippen molar-refractivity contribution in [2.45, 2.75) is 25.6 Å². The van der Waals surface area contributed by atoms with E-state index in [1.165, 1.54) is 12.1 Å². The molecule has 0 aliphatic heterocycles. The second-order valence-electron chi connectivity index (χ2n) is 5.83. The standard InChI is InChI=1S/C18H21FO2Si/c1-4-21-18(20)17(14-9-8-10-15(19)13-14)22(2,3)16-11-6-5-7-12-16/h5-13,17H,4H2,1-3H3/t17-/m1/s1. The Balaban J connectivity index is 2.51. The average Bonchev–Trinajstić information content (AvgIpc) is 2.48. The van der Waals surface area contributed by atoms with Crippen LogP contribution >= 0.6 is 0 Å². The molecule has 0 spiro atoms. The molecule has 22 heavy (non-hydrogen) atoms. The predicted molar refractivity (Wildman–Crippen MR) is 89.3 cm³/mol. The Hall–Kier alpha value is -1.94. The van der Waals surface area contributed by atoms with Gasteiger partial charge in [-0.05, 0) is 24.6 Å². The van der Waals surface area contributed by atoms with Crippen LogP contribution < -0.4 is 5.19 Å². The fourth-order valence-electron chi connectivity index (χ4n) is 2.79. The van der Waals surface area contributed by atoms with Crippen LogP contribution in [0.5, 0.6) is 0 Å². The minimum absolute atomic E-state index is 0.270. The van der Waals surface area contributed by atoms with Gasteiger partial charge in [-0.2, -0.15) is 0 Å². The van der Waals surface area contributed by atoms with Gasteiger partial charge in [-0.25, -0.2) is 4.39 Å². The molecule has 0 saturated heterocycles. The number of rotatable bonds is 5. The van der Waals surface area contributed by atoms with Gasteiger partial charge in [0.15, 0.2) is 0 Å². The fourth-order valence-corrected chi connectivity index (χ4v) is 5.86. The molecule has 0 bridgehead atoms. The first-order chi connectivity index (χ1) is 10.5. The highest BCUT2D eigenvalue weighted by atomic mass is 28.3. The minimum atomic E-state index is -2.21. The lowest BCUT2D eigenvalue weighted by Gasteiger charge is -2.31. The van der Waals surface area contributed by atoms with Crippen LogP contribution in [0, 0.1) is 5.82 Å². The Morgan fingerprint density at radius 1 is 1.14 bits per heavy atom. The maximum Gasteiger partial charge on any atom is 0.310 e. The van der Waals surface area contributed by atoms with E-state index in [0.29, 0.717) is 12.2 Å². The largest absolute Gasteiger partial charge is 0.466 e. The lowest BCUT2D eigenvalue weighted by molar-refractivity contribution is -0.143. The van der Waals surface area contributed by atoms with Gasteiger partial charge in [0, 0.05) is 0 Å². The molecular formula is C18H21FO2Si. The molecule has 1 atom stereocenters. The highest BCUT2D eigenvalue weighted by Gasteiger charge is 2.41. The molecule has 116 valence electrons. The first-order valence-corrected chi connectivity index (χ1v) is 10.5. The zero-order valence-corrected chi connectivity index (χ0v) is 14.2. The third-order valence-corrected chi connectivity index (χ3v) is 7.78. The van der Waals surface area contributed by atoms with E-state index in [9.17, 15) is 9.18 Å². The molecule has 2 rings (SSSR count). The van der Waals surface area contributed by atoms with E-state index in [-0.39, 0.29) is 11.8 Å². The van der Waals surface area contributed by atoms with Crippen molar-refractivity contribution < 1.29 is 13.9 Å². The highest BCUT2D eigenvalue weighted by molar-refractivity contribution is 6.93. The van der Waals surface area contributed by atoms with Crippen LogP contribution in [0.15, 0.2) is 54.6 Å². The van der Waals surface area contributed by atoms with Gasteiger partial charge in [-0.15, -0.1) is 0 Å². The quantitative estimate of drug-likeness (QED) is 0.622. The number of hydrogen-bond donors (Lipinski definition) is 0. The van der Waals surface area contributed by atoms with Crippen LogP contribution in [-0.4, -0.2) is 20.7 Å². The van der Waals surface area contributed by atoms with E-state index in [2.05, 4.69) is 13.1 Å².